The number of benzene rings is 1. The number of H-pyrrole nitrogens is 1. The molecule has 0 atom stereocenters. The fourth-order valence-electron chi connectivity index (χ4n) is 3.05. The van der Waals surface area contributed by atoms with Gasteiger partial charge in [0.15, 0.2) is 0 Å². The molecule has 1 saturated heterocycles. The largest absolute Gasteiger partial charge is 0.351 e. The van der Waals surface area contributed by atoms with Gasteiger partial charge in [-0.1, -0.05) is 25.1 Å². The summed E-state index contributed by atoms with van der Waals surface area (Å²) in [5.41, 5.74) is 1.62. The number of carbonyl (C=O) groups is 2. The van der Waals surface area contributed by atoms with E-state index in [1.165, 1.54) is 0 Å². The maximum absolute atomic E-state index is 12.5. The minimum atomic E-state index is 0.0357. The Kier molecular flexibility index (Phi) is 3.78. The Morgan fingerprint density at radius 1 is 1.24 bits per heavy atom. The lowest BCUT2D eigenvalue weighted by Gasteiger charge is -2.30. The molecular formula is C17H20N2O2. The van der Waals surface area contributed by atoms with Crippen molar-refractivity contribution in [1.29, 1.82) is 0 Å². The number of nitrogens with one attached hydrogen (secondary N) is 1. The fourth-order valence-corrected chi connectivity index (χ4v) is 3.05. The van der Waals surface area contributed by atoms with Gasteiger partial charge in [-0.15, -0.1) is 0 Å². The first-order chi connectivity index (χ1) is 10.2. The molecule has 1 fully saturated rings. The quantitative estimate of drug-likeness (QED) is 0.942. The smallest absolute Gasteiger partial charge is 0.270 e. The van der Waals surface area contributed by atoms with Crippen molar-refractivity contribution < 1.29 is 9.59 Å². The van der Waals surface area contributed by atoms with E-state index in [1.54, 1.807) is 0 Å². The summed E-state index contributed by atoms with van der Waals surface area (Å²) < 4.78 is 0. The number of para-hydroxylation sites is 1. The van der Waals surface area contributed by atoms with Gasteiger partial charge in [0.05, 0.1) is 0 Å². The Labute approximate surface area is 124 Å². The van der Waals surface area contributed by atoms with Gasteiger partial charge in [0, 0.05) is 36.3 Å². The molecule has 4 heteroatoms. The minimum Gasteiger partial charge on any atom is -0.351 e. The van der Waals surface area contributed by atoms with Gasteiger partial charge in [-0.2, -0.15) is 0 Å². The Bertz CT molecular complexity index is 633. The fraction of sp³-hybridized carbons (Fsp3) is 0.412. The zero-order valence-electron chi connectivity index (χ0n) is 12.3. The molecule has 1 aliphatic rings. The average Bonchev–Trinajstić information content (AvgIpc) is 2.97. The molecule has 2 heterocycles. The number of aromatic nitrogens is 1. The Hall–Kier alpha value is -2.10. The van der Waals surface area contributed by atoms with Crippen LogP contribution in [0.5, 0.6) is 0 Å². The normalized spacial score (nSPS) is 16.3. The van der Waals surface area contributed by atoms with Gasteiger partial charge in [-0.25, -0.2) is 0 Å². The SMILES string of the molecule is CCC(=O)C1CCN(C(=O)c2cc3ccccc3[nH]2)CC1. The lowest BCUT2D eigenvalue weighted by molar-refractivity contribution is -0.123. The van der Waals surface area contributed by atoms with Crippen LogP contribution in [0.25, 0.3) is 10.9 Å². The molecule has 1 aromatic carbocycles. The molecule has 4 nitrogen and oxygen atoms in total. The van der Waals surface area contributed by atoms with Crippen molar-refractivity contribution in [2.45, 2.75) is 26.2 Å². The van der Waals surface area contributed by atoms with Crippen molar-refractivity contribution in [3.63, 3.8) is 0 Å². The third kappa shape index (κ3) is 2.71. The number of piperidine rings is 1. The zero-order valence-corrected chi connectivity index (χ0v) is 12.3. The van der Waals surface area contributed by atoms with E-state index in [4.69, 9.17) is 0 Å². The second-order valence-corrected chi connectivity index (χ2v) is 5.66. The highest BCUT2D eigenvalue weighted by Gasteiger charge is 2.27. The lowest BCUT2D eigenvalue weighted by atomic mass is 9.91. The van der Waals surface area contributed by atoms with Gasteiger partial charge in [0.1, 0.15) is 11.5 Å². The van der Waals surface area contributed by atoms with E-state index in [1.807, 2.05) is 42.2 Å². The molecular weight excluding hydrogens is 264 g/mol. The zero-order chi connectivity index (χ0) is 14.8. The highest BCUT2D eigenvalue weighted by atomic mass is 16.2. The van der Waals surface area contributed by atoms with E-state index in [9.17, 15) is 9.59 Å². The third-order valence-corrected chi connectivity index (χ3v) is 4.35. The molecule has 0 bridgehead atoms. The maximum Gasteiger partial charge on any atom is 0.270 e. The predicted molar refractivity (Wildman–Crippen MR) is 82.2 cm³/mol. The highest BCUT2D eigenvalue weighted by Crippen LogP contribution is 2.22. The number of likely N-dealkylation sites (tertiary alicyclic amines) is 1. The highest BCUT2D eigenvalue weighted by molar-refractivity contribution is 5.98. The summed E-state index contributed by atoms with van der Waals surface area (Å²) in [6.07, 6.45) is 2.18. The average molecular weight is 284 g/mol. The molecule has 0 spiro atoms. The van der Waals surface area contributed by atoms with Crippen LogP contribution < -0.4 is 0 Å². The summed E-state index contributed by atoms with van der Waals surface area (Å²) in [5.74, 6) is 0.503. The van der Waals surface area contributed by atoms with E-state index in [-0.39, 0.29) is 11.8 Å². The molecule has 0 saturated carbocycles. The van der Waals surface area contributed by atoms with Gasteiger partial charge < -0.3 is 9.88 Å². The molecule has 2 aromatic rings. The van der Waals surface area contributed by atoms with Crippen molar-refractivity contribution in [3.05, 3.63) is 36.0 Å². The number of nitrogens with zero attached hydrogens (tertiary/aromatic N) is 1. The molecule has 1 aromatic heterocycles. The molecule has 110 valence electrons. The number of amides is 1. The van der Waals surface area contributed by atoms with E-state index >= 15 is 0 Å². The summed E-state index contributed by atoms with van der Waals surface area (Å²) in [7, 11) is 0. The molecule has 1 N–H and O–H groups in total. The number of rotatable bonds is 3. The van der Waals surface area contributed by atoms with Gasteiger partial charge in [-0.05, 0) is 25.0 Å². The lowest BCUT2D eigenvalue weighted by Crippen LogP contribution is -2.40. The van der Waals surface area contributed by atoms with Gasteiger partial charge >= 0.3 is 0 Å². The van der Waals surface area contributed by atoms with Crippen molar-refractivity contribution >= 4 is 22.6 Å². The summed E-state index contributed by atoms with van der Waals surface area (Å²) in [6, 6.07) is 9.79. The van der Waals surface area contributed by atoms with Crippen LogP contribution in [-0.4, -0.2) is 34.7 Å². The third-order valence-electron chi connectivity index (χ3n) is 4.35. The van der Waals surface area contributed by atoms with Gasteiger partial charge in [0.25, 0.3) is 5.91 Å². The molecule has 0 unspecified atom stereocenters. The van der Waals surface area contributed by atoms with E-state index in [0.29, 0.717) is 31.0 Å². The topological polar surface area (TPSA) is 53.2 Å². The number of hydrogen-bond acceptors (Lipinski definition) is 2. The monoisotopic (exact) mass is 284 g/mol. The number of aromatic amines is 1. The first-order valence-electron chi connectivity index (χ1n) is 7.58. The van der Waals surface area contributed by atoms with Crippen LogP contribution in [0.2, 0.25) is 0 Å². The van der Waals surface area contributed by atoms with Crippen LogP contribution in [0.15, 0.2) is 30.3 Å². The number of hydrogen-bond donors (Lipinski definition) is 1. The maximum atomic E-state index is 12.5. The summed E-state index contributed by atoms with van der Waals surface area (Å²) in [6.45, 7) is 3.25. The van der Waals surface area contributed by atoms with Gasteiger partial charge in [-0.3, -0.25) is 9.59 Å². The van der Waals surface area contributed by atoms with E-state index < -0.39 is 0 Å². The van der Waals surface area contributed by atoms with Crippen molar-refractivity contribution in [3.8, 4) is 0 Å². The molecule has 3 rings (SSSR count). The second kappa shape index (κ2) is 5.72. The predicted octanol–water partition coefficient (Wildman–Crippen LogP) is 3.00. The second-order valence-electron chi connectivity index (χ2n) is 5.66. The van der Waals surface area contributed by atoms with Gasteiger partial charge in [0.2, 0.25) is 0 Å². The van der Waals surface area contributed by atoms with Crippen molar-refractivity contribution in [2.24, 2.45) is 5.92 Å². The number of fused-ring (bicyclic) bond motifs is 1. The first-order valence-corrected chi connectivity index (χ1v) is 7.58. The van der Waals surface area contributed by atoms with Crippen molar-refractivity contribution in [2.75, 3.05) is 13.1 Å². The van der Waals surface area contributed by atoms with Crippen LogP contribution in [0.4, 0.5) is 0 Å². The number of carbonyl (C=O) groups excluding carboxylic acids is 2. The summed E-state index contributed by atoms with van der Waals surface area (Å²) in [5, 5.41) is 1.05. The standard InChI is InChI=1S/C17H20N2O2/c1-2-16(20)12-7-9-19(10-8-12)17(21)15-11-13-5-3-4-6-14(13)18-15/h3-6,11-12,18H,2,7-10H2,1H3. The number of ketones is 1. The van der Waals surface area contributed by atoms with E-state index in [2.05, 4.69) is 4.98 Å². The Balaban J connectivity index is 1.70. The number of Topliss-reactive ketones (excluding diaryl/α,β-unsaturated/α-hetero) is 1. The van der Waals surface area contributed by atoms with E-state index in [0.717, 1.165) is 23.7 Å². The Morgan fingerprint density at radius 3 is 2.62 bits per heavy atom. The molecule has 1 amide bonds. The van der Waals surface area contributed by atoms with Crippen LogP contribution in [0, 0.1) is 5.92 Å². The summed E-state index contributed by atoms with van der Waals surface area (Å²) in [4.78, 5) is 29.3. The molecule has 0 aliphatic carbocycles. The van der Waals surface area contributed by atoms with Crippen LogP contribution >= 0.6 is 0 Å². The first kappa shape index (κ1) is 13.9. The summed E-state index contributed by atoms with van der Waals surface area (Å²) >= 11 is 0. The van der Waals surface area contributed by atoms with Crippen molar-refractivity contribution in [1.82, 2.24) is 9.88 Å². The molecule has 0 radical (unpaired) electrons. The molecule has 21 heavy (non-hydrogen) atoms. The molecule has 1 aliphatic heterocycles. The van der Waals surface area contributed by atoms with Crippen LogP contribution in [0.1, 0.15) is 36.7 Å². The van der Waals surface area contributed by atoms with Crippen LogP contribution in [-0.2, 0) is 4.79 Å². The Morgan fingerprint density at radius 2 is 1.95 bits per heavy atom. The minimum absolute atomic E-state index is 0.0357. The van der Waals surface area contributed by atoms with Crippen LogP contribution in [0.3, 0.4) is 0 Å².